The van der Waals surface area contributed by atoms with Crippen molar-refractivity contribution in [3.63, 3.8) is 0 Å². The molecule has 0 unspecified atom stereocenters. The van der Waals surface area contributed by atoms with Crippen LogP contribution in [0.25, 0.3) is 0 Å². The van der Waals surface area contributed by atoms with Gasteiger partial charge in [0.1, 0.15) is 73.2 Å². The number of rotatable bonds is 14. The van der Waals surface area contributed by atoms with E-state index in [9.17, 15) is 56.2 Å². The van der Waals surface area contributed by atoms with Gasteiger partial charge < -0.3 is 94.1 Å². The first-order valence-electron chi connectivity index (χ1n) is 23.9. The van der Waals surface area contributed by atoms with E-state index in [1.54, 1.807) is 7.11 Å². The molecule has 374 valence electrons. The van der Waals surface area contributed by atoms with Gasteiger partial charge >= 0.3 is 0 Å². The molecule has 0 radical (unpaired) electrons. The average molecular weight is 933 g/mol. The summed E-state index contributed by atoms with van der Waals surface area (Å²) in [5, 5.41) is 113. The van der Waals surface area contributed by atoms with Crippen LogP contribution in [-0.2, 0) is 37.9 Å². The summed E-state index contributed by atoms with van der Waals surface area (Å²) in [6.45, 7) is 7.81. The molecule has 11 N–H and O–H groups in total. The Morgan fingerprint density at radius 2 is 1.31 bits per heavy atom. The first-order valence-corrected chi connectivity index (χ1v) is 23.9. The van der Waals surface area contributed by atoms with Crippen LogP contribution in [0.4, 0.5) is 0 Å². The summed E-state index contributed by atoms with van der Waals surface area (Å²) >= 11 is 0. The molecular weight excluding hydrogens is 856 g/mol. The summed E-state index contributed by atoms with van der Waals surface area (Å²) in [6, 6.07) is 0. The molecule has 0 aromatic rings. The number of allylic oxidation sites excluding steroid dienone is 1. The van der Waals surface area contributed by atoms with E-state index in [-0.39, 0.29) is 41.5 Å². The number of ether oxygens (including phenoxy) is 8. The third kappa shape index (κ3) is 8.93. The smallest absolute Gasteiger partial charge is 0.186 e. The zero-order valence-electron chi connectivity index (χ0n) is 38.2. The Bertz CT molecular complexity index is 1640. The molecule has 3 saturated carbocycles. The number of methoxy groups -OCH3 is 1. The number of fused-ring (bicyclic) bond motifs is 7. The fourth-order valence-corrected chi connectivity index (χ4v) is 13.8. The summed E-state index contributed by atoms with van der Waals surface area (Å²) in [4.78, 5) is 0. The van der Waals surface area contributed by atoms with Gasteiger partial charge in [-0.2, -0.15) is 0 Å². The normalized spacial score (nSPS) is 53.7. The quantitative estimate of drug-likeness (QED) is 0.0912. The number of aliphatic hydroxyl groups is 11. The van der Waals surface area contributed by atoms with E-state index in [1.807, 2.05) is 6.92 Å². The van der Waals surface area contributed by atoms with Crippen LogP contribution in [0.15, 0.2) is 11.6 Å². The molecular formula is C46H76O19. The highest BCUT2D eigenvalue weighted by atomic mass is 16.7. The topological polar surface area (TPSA) is 296 Å². The fourth-order valence-electron chi connectivity index (χ4n) is 13.8. The van der Waals surface area contributed by atoms with Gasteiger partial charge in [0.2, 0.25) is 0 Å². The number of hydrogen-bond donors (Lipinski definition) is 11. The number of hydrogen-bond acceptors (Lipinski definition) is 19. The lowest BCUT2D eigenvalue weighted by Gasteiger charge is -2.58. The van der Waals surface area contributed by atoms with Gasteiger partial charge in [-0.1, -0.05) is 39.3 Å². The lowest BCUT2D eigenvalue weighted by Crippen LogP contribution is -2.62. The second-order valence-electron chi connectivity index (χ2n) is 21.2. The van der Waals surface area contributed by atoms with E-state index < -0.39 is 118 Å². The van der Waals surface area contributed by atoms with Gasteiger partial charge in [-0.3, -0.25) is 0 Å². The van der Waals surface area contributed by atoms with E-state index in [0.29, 0.717) is 49.4 Å². The average Bonchev–Trinajstić information content (AvgIpc) is 3.75. The summed E-state index contributed by atoms with van der Waals surface area (Å²) in [7, 11) is 1.73. The van der Waals surface area contributed by atoms with Crippen molar-refractivity contribution in [1.29, 1.82) is 0 Å². The van der Waals surface area contributed by atoms with Crippen molar-refractivity contribution < 1.29 is 94.1 Å². The van der Waals surface area contributed by atoms with Crippen molar-refractivity contribution in [3.05, 3.63) is 11.6 Å². The Balaban J connectivity index is 0.860. The van der Waals surface area contributed by atoms with Crippen molar-refractivity contribution in [2.24, 2.45) is 46.3 Å². The van der Waals surface area contributed by atoms with Gasteiger partial charge in [-0.25, -0.2) is 0 Å². The first kappa shape index (κ1) is 50.4. The first-order chi connectivity index (χ1) is 30.8. The fraction of sp³-hybridized carbons (Fsp3) is 0.957. The molecule has 0 spiro atoms. The van der Waals surface area contributed by atoms with E-state index in [1.165, 1.54) is 5.57 Å². The monoisotopic (exact) mass is 932 g/mol. The van der Waals surface area contributed by atoms with E-state index >= 15 is 0 Å². The third-order valence-corrected chi connectivity index (χ3v) is 17.7. The molecule has 65 heavy (non-hydrogen) atoms. The molecule has 4 saturated heterocycles. The van der Waals surface area contributed by atoms with Crippen LogP contribution in [0.3, 0.4) is 0 Å². The molecule has 7 fully saturated rings. The lowest BCUT2D eigenvalue weighted by molar-refractivity contribution is -0.336. The highest BCUT2D eigenvalue weighted by Crippen LogP contribution is 2.70. The van der Waals surface area contributed by atoms with Crippen LogP contribution in [0.5, 0.6) is 0 Å². The van der Waals surface area contributed by atoms with Gasteiger partial charge in [-0.05, 0) is 91.8 Å². The van der Waals surface area contributed by atoms with E-state index in [0.717, 1.165) is 32.1 Å². The zero-order chi connectivity index (χ0) is 46.9. The lowest BCUT2D eigenvalue weighted by atomic mass is 9.47. The molecule has 8 rings (SSSR count). The summed E-state index contributed by atoms with van der Waals surface area (Å²) in [6.07, 6.45) is -11.6. The van der Waals surface area contributed by atoms with Crippen LogP contribution < -0.4 is 0 Å². The molecule has 0 aromatic carbocycles. The van der Waals surface area contributed by atoms with Crippen molar-refractivity contribution >= 4 is 0 Å². The van der Waals surface area contributed by atoms with E-state index in [4.69, 9.17) is 37.9 Å². The van der Waals surface area contributed by atoms with E-state index in [2.05, 4.69) is 26.8 Å². The molecule has 4 aliphatic heterocycles. The molecule has 8 aliphatic rings. The minimum absolute atomic E-state index is 0.0262. The van der Waals surface area contributed by atoms with Gasteiger partial charge in [0.05, 0.1) is 38.6 Å². The van der Waals surface area contributed by atoms with Crippen molar-refractivity contribution in [2.75, 3.05) is 33.5 Å². The molecule has 0 bridgehead atoms. The Morgan fingerprint density at radius 3 is 1.92 bits per heavy atom. The second-order valence-corrected chi connectivity index (χ2v) is 21.2. The molecule has 0 aromatic heterocycles. The minimum Gasteiger partial charge on any atom is -0.394 e. The summed E-state index contributed by atoms with van der Waals surface area (Å²) < 4.78 is 48.1. The van der Waals surface area contributed by atoms with Crippen molar-refractivity contribution in [3.8, 4) is 0 Å². The Labute approximate surface area is 380 Å². The van der Waals surface area contributed by atoms with Crippen LogP contribution in [0, 0.1) is 46.3 Å². The molecule has 4 aliphatic carbocycles. The maximum absolute atomic E-state index is 11.0. The minimum atomic E-state index is -1.66. The molecule has 26 atom stereocenters. The highest BCUT2D eigenvalue weighted by Gasteiger charge is 2.68. The molecule has 4 heterocycles. The number of aliphatic hydroxyl groups excluding tert-OH is 11. The largest absolute Gasteiger partial charge is 0.394 e. The molecule has 19 nitrogen and oxygen atoms in total. The van der Waals surface area contributed by atoms with Crippen molar-refractivity contribution in [2.45, 2.75) is 196 Å². The highest BCUT2D eigenvalue weighted by molar-refractivity contribution is 5.26. The molecule has 19 heteroatoms. The maximum atomic E-state index is 11.0. The van der Waals surface area contributed by atoms with Crippen LogP contribution in [0.1, 0.15) is 85.5 Å². The second kappa shape index (κ2) is 19.6. The third-order valence-electron chi connectivity index (χ3n) is 17.7. The predicted octanol–water partition coefficient (Wildman–Crippen LogP) is -1.20. The van der Waals surface area contributed by atoms with Gasteiger partial charge in [0.15, 0.2) is 24.7 Å². The van der Waals surface area contributed by atoms with Gasteiger partial charge in [0, 0.05) is 19.4 Å². The summed E-state index contributed by atoms with van der Waals surface area (Å²) in [5.74, 6) is 1.16. The Morgan fingerprint density at radius 1 is 0.723 bits per heavy atom. The van der Waals surface area contributed by atoms with Crippen LogP contribution in [0.2, 0.25) is 0 Å². The Kier molecular flexibility index (Phi) is 15.2. The SMILES string of the molecule is CO[C@]1(CC[C@@H](C)CO[C@@H]2O[C@H](CO)[C@@H](O)[C@H](O)[C@H]2O)O[C@H]2C[C@H]3[C@@H]4CC=C5C[C@@H](O[C@@H]6O[C@H](CO[C@@H]7O[C@H](CO)[C@@H](O)[C@H](O)[C@H]7O)[C@@H](O)[C@H](O)[C@H]6O)CC[C@]5(C)[C@H]4CC[C@]3(C)[C@H]2[C@@H]1C. The zero-order valence-corrected chi connectivity index (χ0v) is 38.2. The molecule has 0 amide bonds. The van der Waals surface area contributed by atoms with Gasteiger partial charge in [0.25, 0.3) is 0 Å². The maximum Gasteiger partial charge on any atom is 0.186 e. The standard InChI is InChI=1S/C46H76O19/c1-20(18-59-41-38(55)35(52)32(49)28(16-47)62-41)8-13-46(58-5)21(2)31-27(65-46)15-26-24-7-6-22-14-23(9-11-44(22,3)25(24)10-12-45(26,31)4)61-43-40(57)37(54)34(51)30(64-43)19-60-42-39(56)36(53)33(50)29(17-48)63-42/h6,20-21,23-43,47-57H,7-19H2,1-5H3/t20-,21+,23+,24-,25+,26+,27+,28-,29-,30-,31+,32-,33-,34-,35+,36+,37+,38-,39-,40-,41-,42-,43-,44+,45+,46-/m1/s1. The van der Waals surface area contributed by atoms with Crippen molar-refractivity contribution in [1.82, 2.24) is 0 Å². The Hall–Kier alpha value is -1.02. The van der Waals surface area contributed by atoms with Crippen LogP contribution in [-0.4, -0.2) is 200 Å². The predicted molar refractivity (Wildman–Crippen MR) is 224 cm³/mol. The summed E-state index contributed by atoms with van der Waals surface area (Å²) in [5.41, 5.74) is 1.36. The van der Waals surface area contributed by atoms with Gasteiger partial charge in [-0.15, -0.1) is 0 Å². The van der Waals surface area contributed by atoms with Crippen LogP contribution >= 0.6 is 0 Å².